The van der Waals surface area contributed by atoms with Crippen LogP contribution in [0.3, 0.4) is 0 Å². The first-order valence-electron chi connectivity index (χ1n) is 7.28. The van der Waals surface area contributed by atoms with Gasteiger partial charge >= 0.3 is 0 Å². The number of anilines is 1. The molecule has 0 aliphatic heterocycles. The Morgan fingerprint density at radius 2 is 2.00 bits per heavy atom. The molecular formula is C14H20BrN5. The SMILES string of the molecule is NCc1nc2ccc(NC3CCCCCC3)nn2c1Br. The second-order valence-corrected chi connectivity index (χ2v) is 6.13. The highest BCUT2D eigenvalue weighted by molar-refractivity contribution is 9.10. The van der Waals surface area contributed by atoms with Crippen LogP contribution in [0.5, 0.6) is 0 Å². The maximum atomic E-state index is 5.67. The van der Waals surface area contributed by atoms with Crippen LogP contribution in [-0.4, -0.2) is 20.6 Å². The van der Waals surface area contributed by atoms with E-state index in [4.69, 9.17) is 5.73 Å². The monoisotopic (exact) mass is 337 g/mol. The molecule has 1 fully saturated rings. The van der Waals surface area contributed by atoms with Crippen molar-refractivity contribution >= 4 is 27.4 Å². The van der Waals surface area contributed by atoms with Crippen molar-refractivity contribution < 1.29 is 0 Å². The van der Waals surface area contributed by atoms with Gasteiger partial charge in [0.05, 0.1) is 5.69 Å². The lowest BCUT2D eigenvalue weighted by molar-refractivity contribution is 0.615. The van der Waals surface area contributed by atoms with Crippen LogP contribution in [0.4, 0.5) is 5.82 Å². The lowest BCUT2D eigenvalue weighted by Gasteiger charge is -2.16. The molecule has 2 aromatic heterocycles. The number of aromatic nitrogens is 3. The van der Waals surface area contributed by atoms with E-state index < -0.39 is 0 Å². The number of hydrogen-bond acceptors (Lipinski definition) is 4. The molecule has 0 bridgehead atoms. The molecule has 0 radical (unpaired) electrons. The number of hydrogen-bond donors (Lipinski definition) is 2. The smallest absolute Gasteiger partial charge is 0.155 e. The normalized spacial score (nSPS) is 17.3. The molecule has 1 aliphatic rings. The number of imidazole rings is 1. The molecule has 3 N–H and O–H groups in total. The number of fused-ring (bicyclic) bond motifs is 1. The fourth-order valence-electron chi connectivity index (χ4n) is 2.79. The average Bonchev–Trinajstić information content (AvgIpc) is 2.65. The summed E-state index contributed by atoms with van der Waals surface area (Å²) in [5, 5.41) is 8.16. The molecule has 0 spiro atoms. The van der Waals surface area contributed by atoms with Crippen molar-refractivity contribution in [1.29, 1.82) is 0 Å². The molecule has 20 heavy (non-hydrogen) atoms. The van der Waals surface area contributed by atoms with Crippen LogP contribution in [0.25, 0.3) is 5.65 Å². The summed E-state index contributed by atoms with van der Waals surface area (Å²) in [7, 11) is 0. The summed E-state index contributed by atoms with van der Waals surface area (Å²) in [5.41, 5.74) is 7.33. The van der Waals surface area contributed by atoms with E-state index in [1.54, 1.807) is 4.52 Å². The summed E-state index contributed by atoms with van der Waals surface area (Å²) in [4.78, 5) is 4.43. The lowest BCUT2D eigenvalue weighted by Crippen LogP contribution is -2.19. The topological polar surface area (TPSA) is 68.2 Å². The van der Waals surface area contributed by atoms with Gasteiger partial charge in [-0.25, -0.2) is 9.50 Å². The fraction of sp³-hybridized carbons (Fsp3) is 0.571. The van der Waals surface area contributed by atoms with Gasteiger partial charge in [0.2, 0.25) is 0 Å². The van der Waals surface area contributed by atoms with Gasteiger partial charge in [0, 0.05) is 12.6 Å². The largest absolute Gasteiger partial charge is 0.366 e. The summed E-state index contributed by atoms with van der Waals surface area (Å²) in [6.07, 6.45) is 7.81. The van der Waals surface area contributed by atoms with Crippen LogP contribution >= 0.6 is 15.9 Å². The highest BCUT2D eigenvalue weighted by atomic mass is 79.9. The minimum absolute atomic E-state index is 0.412. The summed E-state index contributed by atoms with van der Waals surface area (Å²) >= 11 is 3.51. The van der Waals surface area contributed by atoms with Crippen LogP contribution in [0, 0.1) is 0 Å². The molecule has 6 heteroatoms. The fourth-order valence-corrected chi connectivity index (χ4v) is 3.30. The number of rotatable bonds is 3. The van der Waals surface area contributed by atoms with Crippen LogP contribution in [-0.2, 0) is 6.54 Å². The second-order valence-electron chi connectivity index (χ2n) is 5.37. The van der Waals surface area contributed by atoms with Crippen molar-refractivity contribution in [1.82, 2.24) is 14.6 Å². The Balaban J connectivity index is 1.82. The summed E-state index contributed by atoms with van der Waals surface area (Å²) < 4.78 is 2.65. The molecule has 0 amide bonds. The van der Waals surface area contributed by atoms with Crippen LogP contribution in [0.2, 0.25) is 0 Å². The molecule has 3 rings (SSSR count). The quantitative estimate of drug-likeness (QED) is 0.844. The first-order valence-corrected chi connectivity index (χ1v) is 8.08. The Kier molecular flexibility index (Phi) is 4.21. The first-order chi connectivity index (χ1) is 9.78. The molecule has 5 nitrogen and oxygen atoms in total. The predicted molar refractivity (Wildman–Crippen MR) is 83.7 cm³/mol. The Hall–Kier alpha value is -1.14. The third-order valence-corrected chi connectivity index (χ3v) is 4.68. The Bertz CT molecular complexity index is 587. The van der Waals surface area contributed by atoms with Gasteiger partial charge in [-0.15, -0.1) is 5.10 Å². The van der Waals surface area contributed by atoms with Crippen molar-refractivity contribution in [2.75, 3.05) is 5.32 Å². The Morgan fingerprint density at radius 3 is 2.70 bits per heavy atom. The summed E-state index contributed by atoms with van der Waals surface area (Å²) in [6.45, 7) is 0.412. The molecule has 0 atom stereocenters. The van der Waals surface area contributed by atoms with E-state index in [0.717, 1.165) is 21.8 Å². The zero-order chi connectivity index (χ0) is 13.9. The van der Waals surface area contributed by atoms with Gasteiger partial charge in [0.1, 0.15) is 10.4 Å². The Morgan fingerprint density at radius 1 is 1.25 bits per heavy atom. The van der Waals surface area contributed by atoms with Gasteiger partial charge in [-0.05, 0) is 40.9 Å². The van der Waals surface area contributed by atoms with Crippen molar-refractivity contribution in [3.8, 4) is 0 Å². The minimum atomic E-state index is 0.412. The second kappa shape index (κ2) is 6.10. The number of nitrogens with zero attached hydrogens (tertiary/aromatic N) is 3. The maximum Gasteiger partial charge on any atom is 0.155 e. The van der Waals surface area contributed by atoms with Gasteiger partial charge in [0.15, 0.2) is 5.65 Å². The van der Waals surface area contributed by atoms with Crippen LogP contribution in [0.15, 0.2) is 16.7 Å². The zero-order valence-electron chi connectivity index (χ0n) is 11.5. The number of nitrogens with two attached hydrogens (primary N) is 1. The van der Waals surface area contributed by atoms with Crippen molar-refractivity contribution in [2.45, 2.75) is 51.1 Å². The molecule has 0 aromatic carbocycles. The van der Waals surface area contributed by atoms with Crippen molar-refractivity contribution in [3.05, 3.63) is 22.4 Å². The first kappa shape index (κ1) is 13.8. The molecule has 2 heterocycles. The third kappa shape index (κ3) is 2.81. The van der Waals surface area contributed by atoms with E-state index >= 15 is 0 Å². The van der Waals surface area contributed by atoms with E-state index in [1.165, 1.54) is 38.5 Å². The molecule has 1 aliphatic carbocycles. The van der Waals surface area contributed by atoms with Crippen LogP contribution < -0.4 is 11.1 Å². The number of nitrogens with one attached hydrogen (secondary N) is 1. The van der Waals surface area contributed by atoms with Gasteiger partial charge in [-0.3, -0.25) is 0 Å². The van der Waals surface area contributed by atoms with Gasteiger partial charge in [-0.1, -0.05) is 25.7 Å². The van der Waals surface area contributed by atoms with Gasteiger partial charge in [0.25, 0.3) is 0 Å². The van der Waals surface area contributed by atoms with Crippen molar-refractivity contribution in [3.63, 3.8) is 0 Å². The average molecular weight is 338 g/mol. The molecule has 0 unspecified atom stereocenters. The minimum Gasteiger partial charge on any atom is -0.366 e. The van der Waals surface area contributed by atoms with Gasteiger partial charge < -0.3 is 11.1 Å². The molecule has 1 saturated carbocycles. The third-order valence-electron chi connectivity index (χ3n) is 3.89. The molecule has 108 valence electrons. The molecular weight excluding hydrogens is 318 g/mol. The lowest BCUT2D eigenvalue weighted by atomic mass is 10.1. The standard InChI is InChI=1S/C14H20BrN5/c15-14-11(9-16)18-13-8-7-12(19-20(13)14)17-10-5-3-1-2-4-6-10/h7-8,10H,1-6,9,16H2,(H,17,19). The van der Waals surface area contributed by atoms with E-state index in [2.05, 4.69) is 31.3 Å². The highest BCUT2D eigenvalue weighted by Crippen LogP contribution is 2.22. The van der Waals surface area contributed by atoms with Crippen LogP contribution in [0.1, 0.15) is 44.2 Å². The Labute approximate surface area is 127 Å². The summed E-state index contributed by atoms with van der Waals surface area (Å²) in [6, 6.07) is 4.52. The highest BCUT2D eigenvalue weighted by Gasteiger charge is 2.14. The zero-order valence-corrected chi connectivity index (χ0v) is 13.1. The van der Waals surface area contributed by atoms with E-state index in [-0.39, 0.29) is 0 Å². The maximum absolute atomic E-state index is 5.67. The molecule has 0 saturated heterocycles. The van der Waals surface area contributed by atoms with Crippen molar-refractivity contribution in [2.24, 2.45) is 5.73 Å². The van der Waals surface area contributed by atoms with E-state index in [9.17, 15) is 0 Å². The van der Waals surface area contributed by atoms with E-state index in [0.29, 0.717) is 12.6 Å². The predicted octanol–water partition coefficient (Wildman–Crippen LogP) is 3.09. The summed E-state index contributed by atoms with van der Waals surface area (Å²) in [5.74, 6) is 0.908. The number of halogens is 1. The molecule has 2 aromatic rings. The van der Waals surface area contributed by atoms with E-state index in [1.807, 2.05) is 12.1 Å². The van der Waals surface area contributed by atoms with Gasteiger partial charge in [-0.2, -0.15) is 0 Å².